The van der Waals surface area contributed by atoms with Gasteiger partial charge in [0.05, 0.1) is 12.7 Å². The first-order valence-corrected chi connectivity index (χ1v) is 4.86. The molecule has 1 rings (SSSR count). The number of hydrogen-bond donors (Lipinski definition) is 2. The normalized spacial score (nSPS) is 39.0. The Labute approximate surface area is 80.3 Å². The molecule has 0 aliphatic heterocycles. The monoisotopic (exact) mass is 187 g/mol. The summed E-state index contributed by atoms with van der Waals surface area (Å²) >= 11 is 0. The first-order valence-electron chi connectivity index (χ1n) is 4.86. The summed E-state index contributed by atoms with van der Waals surface area (Å²) in [4.78, 5) is 0. The second-order valence-corrected chi connectivity index (χ2v) is 4.94. The zero-order valence-corrected chi connectivity index (χ0v) is 8.84. The molecule has 2 unspecified atom stereocenters. The van der Waals surface area contributed by atoms with Gasteiger partial charge in [-0.15, -0.1) is 0 Å². The molecule has 0 heterocycles. The van der Waals surface area contributed by atoms with E-state index in [9.17, 15) is 0 Å². The maximum absolute atomic E-state index is 9.15. The van der Waals surface area contributed by atoms with Crippen LogP contribution in [0, 0.1) is 5.41 Å². The second kappa shape index (κ2) is 3.56. The fraction of sp³-hybridized carbons (Fsp3) is 1.00. The van der Waals surface area contributed by atoms with Gasteiger partial charge in [0.2, 0.25) is 0 Å². The molecule has 0 saturated heterocycles. The Kier molecular flexibility index (Phi) is 3.00. The predicted molar refractivity (Wildman–Crippen MR) is 52.4 cm³/mol. The molecule has 13 heavy (non-hydrogen) atoms. The van der Waals surface area contributed by atoms with Crippen LogP contribution in [0.15, 0.2) is 0 Å². The van der Waals surface area contributed by atoms with Gasteiger partial charge in [-0.1, -0.05) is 13.8 Å². The van der Waals surface area contributed by atoms with Gasteiger partial charge in [0.25, 0.3) is 0 Å². The standard InChI is InChI=1S/C10H21NO2/c1-9(2)4-5-10(11,7-12)6-8(9)13-3/h8,12H,4-7,11H2,1-3H3. The molecule has 78 valence electrons. The van der Waals surface area contributed by atoms with E-state index >= 15 is 0 Å². The van der Waals surface area contributed by atoms with Crippen LogP contribution < -0.4 is 5.73 Å². The summed E-state index contributed by atoms with van der Waals surface area (Å²) in [5.74, 6) is 0. The van der Waals surface area contributed by atoms with Crippen molar-refractivity contribution < 1.29 is 9.84 Å². The van der Waals surface area contributed by atoms with Gasteiger partial charge in [-0.05, 0) is 24.7 Å². The Balaban J connectivity index is 2.68. The van der Waals surface area contributed by atoms with Crippen LogP contribution in [-0.2, 0) is 4.74 Å². The van der Waals surface area contributed by atoms with E-state index in [1.807, 2.05) is 0 Å². The minimum absolute atomic E-state index is 0.0585. The molecule has 1 saturated carbocycles. The number of nitrogens with two attached hydrogens (primary N) is 1. The SMILES string of the molecule is COC1CC(N)(CO)CCC1(C)C. The lowest BCUT2D eigenvalue weighted by Crippen LogP contribution is -2.54. The van der Waals surface area contributed by atoms with Gasteiger partial charge >= 0.3 is 0 Å². The molecular formula is C10H21NO2. The quantitative estimate of drug-likeness (QED) is 0.675. The van der Waals surface area contributed by atoms with Crippen LogP contribution >= 0.6 is 0 Å². The first kappa shape index (κ1) is 11.0. The molecule has 0 aromatic rings. The van der Waals surface area contributed by atoms with Crippen molar-refractivity contribution in [2.45, 2.75) is 44.8 Å². The van der Waals surface area contributed by atoms with Crippen molar-refractivity contribution in [2.24, 2.45) is 11.1 Å². The third-order valence-electron chi connectivity index (χ3n) is 3.33. The molecule has 0 amide bonds. The number of rotatable bonds is 2. The summed E-state index contributed by atoms with van der Waals surface area (Å²) in [5, 5.41) is 9.15. The average molecular weight is 187 g/mol. The van der Waals surface area contributed by atoms with Crippen molar-refractivity contribution in [2.75, 3.05) is 13.7 Å². The third-order valence-corrected chi connectivity index (χ3v) is 3.33. The van der Waals surface area contributed by atoms with Crippen LogP contribution in [0.5, 0.6) is 0 Å². The largest absolute Gasteiger partial charge is 0.394 e. The van der Waals surface area contributed by atoms with Gasteiger partial charge in [0, 0.05) is 12.6 Å². The van der Waals surface area contributed by atoms with Gasteiger partial charge in [-0.25, -0.2) is 0 Å². The molecule has 3 nitrogen and oxygen atoms in total. The number of aliphatic hydroxyl groups excluding tert-OH is 1. The zero-order chi connectivity index (χ0) is 10.1. The fourth-order valence-electron chi connectivity index (χ4n) is 2.03. The van der Waals surface area contributed by atoms with Crippen molar-refractivity contribution in [1.29, 1.82) is 0 Å². The summed E-state index contributed by atoms with van der Waals surface area (Å²) in [6.07, 6.45) is 2.82. The van der Waals surface area contributed by atoms with Gasteiger partial charge < -0.3 is 15.6 Å². The van der Waals surface area contributed by atoms with Crippen molar-refractivity contribution in [1.82, 2.24) is 0 Å². The molecule has 3 N–H and O–H groups in total. The van der Waals surface area contributed by atoms with Crippen LogP contribution in [-0.4, -0.2) is 30.5 Å². The molecule has 3 heteroatoms. The predicted octanol–water partition coefficient (Wildman–Crippen LogP) is 0.901. The lowest BCUT2D eigenvalue weighted by Gasteiger charge is -2.45. The fourth-order valence-corrected chi connectivity index (χ4v) is 2.03. The molecule has 1 fully saturated rings. The van der Waals surface area contributed by atoms with Crippen molar-refractivity contribution in [3.8, 4) is 0 Å². The molecule has 0 spiro atoms. The summed E-state index contributed by atoms with van der Waals surface area (Å²) in [6, 6.07) is 0. The third kappa shape index (κ3) is 2.22. The highest BCUT2D eigenvalue weighted by Crippen LogP contribution is 2.40. The Hall–Kier alpha value is -0.120. The molecule has 1 aliphatic carbocycles. The molecule has 0 radical (unpaired) electrons. The van der Waals surface area contributed by atoms with Crippen LogP contribution in [0.1, 0.15) is 33.1 Å². The van der Waals surface area contributed by atoms with Crippen molar-refractivity contribution in [3.05, 3.63) is 0 Å². The summed E-state index contributed by atoms with van der Waals surface area (Å²) in [6.45, 7) is 4.44. The van der Waals surface area contributed by atoms with Gasteiger partial charge in [0.15, 0.2) is 0 Å². The highest BCUT2D eigenvalue weighted by atomic mass is 16.5. The van der Waals surface area contributed by atoms with E-state index in [2.05, 4.69) is 13.8 Å². The molecule has 2 atom stereocenters. The van der Waals surface area contributed by atoms with Crippen LogP contribution in [0.2, 0.25) is 0 Å². The Morgan fingerprint density at radius 2 is 2.08 bits per heavy atom. The second-order valence-electron chi connectivity index (χ2n) is 4.94. The van der Waals surface area contributed by atoms with Crippen molar-refractivity contribution >= 4 is 0 Å². The minimum atomic E-state index is -0.420. The Morgan fingerprint density at radius 1 is 1.46 bits per heavy atom. The highest BCUT2D eigenvalue weighted by molar-refractivity contribution is 4.97. The zero-order valence-electron chi connectivity index (χ0n) is 8.84. The molecule has 0 aromatic heterocycles. The molecule has 1 aliphatic rings. The van der Waals surface area contributed by atoms with E-state index < -0.39 is 5.54 Å². The minimum Gasteiger partial charge on any atom is -0.394 e. The summed E-state index contributed by atoms with van der Waals surface area (Å²) < 4.78 is 5.41. The maximum atomic E-state index is 9.15. The molecule has 0 bridgehead atoms. The van der Waals surface area contributed by atoms with E-state index in [4.69, 9.17) is 15.6 Å². The van der Waals surface area contributed by atoms with Crippen molar-refractivity contribution in [3.63, 3.8) is 0 Å². The van der Waals surface area contributed by atoms with Gasteiger partial charge in [-0.2, -0.15) is 0 Å². The van der Waals surface area contributed by atoms with E-state index in [-0.39, 0.29) is 18.1 Å². The smallest absolute Gasteiger partial charge is 0.0640 e. The Bertz CT molecular complexity index is 182. The summed E-state index contributed by atoms with van der Waals surface area (Å²) in [5.41, 5.74) is 5.78. The van der Waals surface area contributed by atoms with Crippen LogP contribution in [0.3, 0.4) is 0 Å². The van der Waals surface area contributed by atoms with Crippen LogP contribution in [0.4, 0.5) is 0 Å². The number of methoxy groups -OCH3 is 1. The van der Waals surface area contributed by atoms with E-state index in [0.717, 1.165) is 19.3 Å². The highest BCUT2D eigenvalue weighted by Gasteiger charge is 2.42. The topological polar surface area (TPSA) is 55.5 Å². The average Bonchev–Trinajstić information content (AvgIpc) is 2.10. The van der Waals surface area contributed by atoms with E-state index in [1.165, 1.54) is 0 Å². The lowest BCUT2D eigenvalue weighted by atomic mass is 9.68. The van der Waals surface area contributed by atoms with E-state index in [0.29, 0.717) is 0 Å². The first-order chi connectivity index (χ1) is 5.93. The lowest BCUT2D eigenvalue weighted by molar-refractivity contribution is -0.0559. The van der Waals surface area contributed by atoms with E-state index in [1.54, 1.807) is 7.11 Å². The number of hydrogen-bond acceptors (Lipinski definition) is 3. The summed E-state index contributed by atoms with van der Waals surface area (Å²) in [7, 11) is 1.72. The van der Waals surface area contributed by atoms with Crippen LogP contribution in [0.25, 0.3) is 0 Å². The Morgan fingerprint density at radius 3 is 2.54 bits per heavy atom. The van der Waals surface area contributed by atoms with Gasteiger partial charge in [-0.3, -0.25) is 0 Å². The van der Waals surface area contributed by atoms with Gasteiger partial charge in [0.1, 0.15) is 0 Å². The number of ether oxygens (including phenoxy) is 1. The molecular weight excluding hydrogens is 166 g/mol. The number of aliphatic hydroxyl groups is 1. The molecule has 0 aromatic carbocycles. The maximum Gasteiger partial charge on any atom is 0.0640 e.